The van der Waals surface area contributed by atoms with Crippen LogP contribution < -0.4 is 19.9 Å². The van der Waals surface area contributed by atoms with Gasteiger partial charge in [-0.05, 0) is 37.4 Å². The predicted octanol–water partition coefficient (Wildman–Crippen LogP) is 2.97. The zero-order valence-electron chi connectivity index (χ0n) is 20.9. The molecule has 1 aromatic heterocycles. The standard InChI is InChI=1S/C26H29N7O3/c1-30-11-13-33(14-12-30)24(34)17-9-10-19(22(15-17)36-4)28-26-27-16-21-23(29-26)31(2)20-8-6-5-7-18(20)25(35)32(21)3/h5-10,15-16H,11-14H2,1-4H3,(H,27,28,29). The van der Waals surface area contributed by atoms with Crippen molar-refractivity contribution in [2.24, 2.45) is 0 Å². The van der Waals surface area contributed by atoms with Gasteiger partial charge in [-0.25, -0.2) is 4.98 Å². The molecule has 10 nitrogen and oxygen atoms in total. The first-order valence-electron chi connectivity index (χ1n) is 11.8. The molecule has 0 atom stereocenters. The summed E-state index contributed by atoms with van der Waals surface area (Å²) in [5, 5.41) is 3.21. The topological polar surface area (TPSA) is 94.1 Å². The van der Waals surface area contributed by atoms with Gasteiger partial charge in [0, 0.05) is 45.8 Å². The summed E-state index contributed by atoms with van der Waals surface area (Å²) in [6.45, 7) is 3.12. The van der Waals surface area contributed by atoms with E-state index in [1.165, 1.54) is 0 Å². The summed E-state index contributed by atoms with van der Waals surface area (Å²) >= 11 is 0. The van der Waals surface area contributed by atoms with Gasteiger partial charge in [-0.3, -0.25) is 9.59 Å². The number of hydrogen-bond acceptors (Lipinski definition) is 8. The second-order valence-corrected chi connectivity index (χ2v) is 8.98. The molecule has 186 valence electrons. The van der Waals surface area contributed by atoms with Gasteiger partial charge in [-0.2, -0.15) is 4.98 Å². The smallest absolute Gasteiger partial charge is 0.260 e. The Balaban J connectivity index is 1.43. The number of methoxy groups -OCH3 is 1. The Kier molecular flexibility index (Phi) is 6.19. The van der Waals surface area contributed by atoms with Gasteiger partial charge in [0.25, 0.3) is 11.8 Å². The lowest BCUT2D eigenvalue weighted by Crippen LogP contribution is -2.47. The maximum Gasteiger partial charge on any atom is 0.260 e. The Labute approximate surface area is 210 Å². The zero-order chi connectivity index (χ0) is 25.4. The molecule has 1 fully saturated rings. The van der Waals surface area contributed by atoms with Crippen molar-refractivity contribution in [2.45, 2.75) is 0 Å². The molecular formula is C26H29N7O3. The summed E-state index contributed by atoms with van der Waals surface area (Å²) in [7, 11) is 7.21. The average molecular weight is 488 g/mol. The van der Waals surface area contributed by atoms with Crippen molar-refractivity contribution in [3.63, 3.8) is 0 Å². The van der Waals surface area contributed by atoms with E-state index < -0.39 is 0 Å². The van der Waals surface area contributed by atoms with Crippen LogP contribution in [0.3, 0.4) is 0 Å². The molecule has 0 saturated carbocycles. The van der Waals surface area contributed by atoms with Gasteiger partial charge in [-0.15, -0.1) is 0 Å². The lowest BCUT2D eigenvalue weighted by Gasteiger charge is -2.32. The van der Waals surface area contributed by atoms with E-state index in [2.05, 4.69) is 22.2 Å². The molecule has 0 aliphatic carbocycles. The number of nitrogens with one attached hydrogen (secondary N) is 1. The molecule has 2 aromatic carbocycles. The molecule has 2 amide bonds. The summed E-state index contributed by atoms with van der Waals surface area (Å²) in [6, 6.07) is 12.8. The lowest BCUT2D eigenvalue weighted by atomic mass is 10.1. The van der Waals surface area contributed by atoms with Crippen LogP contribution in [0.5, 0.6) is 5.75 Å². The van der Waals surface area contributed by atoms with E-state index in [9.17, 15) is 9.59 Å². The highest BCUT2D eigenvalue weighted by atomic mass is 16.5. The van der Waals surface area contributed by atoms with E-state index in [-0.39, 0.29) is 11.8 Å². The van der Waals surface area contributed by atoms with Gasteiger partial charge < -0.3 is 29.7 Å². The fourth-order valence-corrected chi connectivity index (χ4v) is 4.50. The van der Waals surface area contributed by atoms with Gasteiger partial charge >= 0.3 is 0 Å². The first-order chi connectivity index (χ1) is 17.4. The number of ether oxygens (including phenoxy) is 1. The third kappa shape index (κ3) is 4.20. The number of nitrogens with zero attached hydrogens (tertiary/aromatic N) is 6. The molecule has 0 bridgehead atoms. The van der Waals surface area contributed by atoms with E-state index in [0.717, 1.165) is 18.8 Å². The van der Waals surface area contributed by atoms with Crippen molar-refractivity contribution in [3.8, 4) is 5.75 Å². The van der Waals surface area contributed by atoms with Gasteiger partial charge in [0.2, 0.25) is 5.95 Å². The van der Waals surface area contributed by atoms with Crippen LogP contribution in [0.25, 0.3) is 0 Å². The Morgan fingerprint density at radius 1 is 0.972 bits per heavy atom. The Bertz CT molecular complexity index is 1320. The minimum Gasteiger partial charge on any atom is -0.495 e. The van der Waals surface area contributed by atoms with Crippen LogP contribution in [0.15, 0.2) is 48.7 Å². The quantitative estimate of drug-likeness (QED) is 0.600. The van der Waals surface area contributed by atoms with Crippen molar-refractivity contribution in [1.29, 1.82) is 0 Å². The first kappa shape index (κ1) is 23.6. The van der Waals surface area contributed by atoms with Gasteiger partial charge in [0.05, 0.1) is 30.2 Å². The van der Waals surface area contributed by atoms with E-state index in [4.69, 9.17) is 9.72 Å². The molecule has 1 N–H and O–H groups in total. The van der Waals surface area contributed by atoms with Gasteiger partial charge in [0.1, 0.15) is 11.4 Å². The van der Waals surface area contributed by atoms with Crippen molar-refractivity contribution in [3.05, 3.63) is 59.8 Å². The average Bonchev–Trinajstić information content (AvgIpc) is 2.98. The summed E-state index contributed by atoms with van der Waals surface area (Å²) in [6.07, 6.45) is 1.63. The molecular weight excluding hydrogens is 458 g/mol. The summed E-state index contributed by atoms with van der Waals surface area (Å²) in [5.74, 6) is 1.32. The van der Waals surface area contributed by atoms with Gasteiger partial charge in [-0.1, -0.05) is 12.1 Å². The maximum atomic E-state index is 13.0. The molecule has 0 spiro atoms. The number of carbonyl (C=O) groups is 2. The summed E-state index contributed by atoms with van der Waals surface area (Å²) in [5.41, 5.74) is 3.17. The molecule has 5 rings (SSSR count). The fourth-order valence-electron chi connectivity index (χ4n) is 4.50. The van der Waals surface area contributed by atoms with Crippen LogP contribution in [0.4, 0.5) is 28.8 Å². The fraction of sp³-hybridized carbons (Fsp3) is 0.308. The number of benzene rings is 2. The van der Waals surface area contributed by atoms with Gasteiger partial charge in [0.15, 0.2) is 5.82 Å². The summed E-state index contributed by atoms with van der Waals surface area (Å²) < 4.78 is 5.58. The van der Waals surface area contributed by atoms with Crippen LogP contribution in [-0.2, 0) is 0 Å². The second-order valence-electron chi connectivity index (χ2n) is 8.98. The number of anilines is 5. The largest absolute Gasteiger partial charge is 0.495 e. The number of para-hydroxylation sites is 1. The van der Waals surface area contributed by atoms with Crippen LogP contribution in [0.1, 0.15) is 20.7 Å². The minimum atomic E-state index is -0.122. The molecule has 0 radical (unpaired) electrons. The molecule has 3 aromatic rings. The molecule has 3 heterocycles. The molecule has 10 heteroatoms. The van der Waals surface area contributed by atoms with Crippen molar-refractivity contribution in [1.82, 2.24) is 19.8 Å². The van der Waals surface area contributed by atoms with Crippen LogP contribution in [0, 0.1) is 0 Å². The Hall–Kier alpha value is -4.18. The second kappa shape index (κ2) is 9.46. The predicted molar refractivity (Wildman–Crippen MR) is 139 cm³/mol. The monoisotopic (exact) mass is 487 g/mol. The Morgan fingerprint density at radius 3 is 2.47 bits per heavy atom. The molecule has 36 heavy (non-hydrogen) atoms. The molecule has 0 unspecified atom stereocenters. The molecule has 2 aliphatic heterocycles. The first-order valence-corrected chi connectivity index (χ1v) is 11.8. The molecule has 2 aliphatic rings. The highest BCUT2D eigenvalue weighted by Gasteiger charge is 2.29. The minimum absolute atomic E-state index is 0.0118. The van der Waals surface area contributed by atoms with Crippen LogP contribution in [-0.4, -0.2) is 86.0 Å². The number of aromatic nitrogens is 2. The number of carbonyl (C=O) groups excluding carboxylic acids is 2. The van der Waals surface area contributed by atoms with Crippen molar-refractivity contribution in [2.75, 3.05) is 69.5 Å². The summed E-state index contributed by atoms with van der Waals surface area (Å²) in [4.78, 5) is 42.7. The van der Waals surface area contributed by atoms with Crippen molar-refractivity contribution < 1.29 is 14.3 Å². The zero-order valence-corrected chi connectivity index (χ0v) is 20.9. The third-order valence-electron chi connectivity index (χ3n) is 6.71. The number of likely N-dealkylation sites (N-methyl/N-ethyl adjacent to an activating group) is 1. The van der Waals surface area contributed by atoms with E-state index >= 15 is 0 Å². The van der Waals surface area contributed by atoms with E-state index in [0.29, 0.717) is 53.1 Å². The molecule has 1 saturated heterocycles. The maximum absolute atomic E-state index is 13.0. The number of amides is 2. The van der Waals surface area contributed by atoms with E-state index in [1.54, 1.807) is 49.5 Å². The SMILES string of the molecule is COc1cc(C(=O)N2CCN(C)CC2)ccc1Nc1ncc2c(n1)N(C)c1ccccc1C(=O)N2C. The third-order valence-corrected chi connectivity index (χ3v) is 6.71. The number of rotatable bonds is 4. The number of piperazine rings is 1. The van der Waals surface area contributed by atoms with Crippen molar-refractivity contribution >= 4 is 40.6 Å². The normalized spacial score (nSPS) is 15.8. The van der Waals surface area contributed by atoms with Crippen LogP contribution in [0.2, 0.25) is 0 Å². The van der Waals surface area contributed by atoms with E-state index in [1.807, 2.05) is 35.0 Å². The lowest BCUT2D eigenvalue weighted by molar-refractivity contribution is 0.0663. The highest BCUT2D eigenvalue weighted by molar-refractivity contribution is 6.13. The highest BCUT2D eigenvalue weighted by Crippen LogP contribution is 2.38. The number of hydrogen-bond donors (Lipinski definition) is 1. The number of fused-ring (bicyclic) bond motifs is 2. The Morgan fingerprint density at radius 2 is 1.72 bits per heavy atom. The van der Waals surface area contributed by atoms with Crippen LogP contribution >= 0.6 is 0 Å².